The fourth-order valence-electron chi connectivity index (χ4n) is 1.04. The summed E-state index contributed by atoms with van der Waals surface area (Å²) in [6, 6.07) is 0. The normalized spacial score (nSPS) is 15.1. The number of rotatable bonds is 7. The van der Waals surface area contributed by atoms with Crippen molar-refractivity contribution in [2.75, 3.05) is 20.1 Å². The summed E-state index contributed by atoms with van der Waals surface area (Å²) in [6.07, 6.45) is -5.45. The number of halogens is 3. The van der Waals surface area contributed by atoms with Gasteiger partial charge in [-0.3, -0.25) is 0 Å². The van der Waals surface area contributed by atoms with Crippen LogP contribution in [-0.4, -0.2) is 40.0 Å². The Labute approximate surface area is 93.7 Å². The molecule has 1 unspecified atom stereocenters. The zero-order valence-electron chi connectivity index (χ0n) is 9.26. The van der Waals surface area contributed by atoms with Gasteiger partial charge in [0, 0.05) is 19.5 Å². The Bertz CT molecular complexity index is 290. The lowest BCUT2D eigenvalue weighted by Gasteiger charge is -2.13. The van der Waals surface area contributed by atoms with Crippen molar-refractivity contribution in [2.45, 2.75) is 31.2 Å². The molecule has 0 saturated heterocycles. The van der Waals surface area contributed by atoms with E-state index in [1.165, 1.54) is 6.92 Å². The molecule has 0 aliphatic carbocycles. The average molecular weight is 262 g/mol. The zero-order chi connectivity index (χ0) is 12.8. The van der Waals surface area contributed by atoms with Crippen LogP contribution in [-0.2, 0) is 10.0 Å². The third kappa shape index (κ3) is 7.02. The lowest BCUT2D eigenvalue weighted by molar-refractivity contribution is -0.135. The first-order valence-electron chi connectivity index (χ1n) is 4.89. The van der Waals surface area contributed by atoms with Crippen molar-refractivity contribution in [3.05, 3.63) is 0 Å². The number of sulfonamides is 1. The summed E-state index contributed by atoms with van der Waals surface area (Å²) in [5, 5.41) is 2.03. The van der Waals surface area contributed by atoms with E-state index in [-0.39, 0.29) is 19.5 Å². The number of hydrogen-bond acceptors (Lipinski definition) is 3. The van der Waals surface area contributed by atoms with Crippen LogP contribution in [0.1, 0.15) is 19.8 Å². The van der Waals surface area contributed by atoms with Crippen LogP contribution in [0.4, 0.5) is 13.2 Å². The number of hydrogen-bond donors (Lipinski definition) is 2. The number of alkyl halides is 3. The molecule has 0 radical (unpaired) electrons. The van der Waals surface area contributed by atoms with Crippen LogP contribution < -0.4 is 10.0 Å². The molecule has 0 bridgehead atoms. The Morgan fingerprint density at radius 2 is 1.88 bits per heavy atom. The smallest absolute Gasteiger partial charge is 0.318 e. The first-order chi connectivity index (χ1) is 7.19. The van der Waals surface area contributed by atoms with Crippen LogP contribution in [0.15, 0.2) is 0 Å². The van der Waals surface area contributed by atoms with E-state index in [9.17, 15) is 21.6 Å². The van der Waals surface area contributed by atoms with Gasteiger partial charge < -0.3 is 5.32 Å². The van der Waals surface area contributed by atoms with Gasteiger partial charge in [-0.1, -0.05) is 0 Å². The maximum atomic E-state index is 11.8. The first-order valence-corrected chi connectivity index (χ1v) is 6.43. The Kier molecular flexibility index (Phi) is 6.27. The Morgan fingerprint density at radius 3 is 2.31 bits per heavy atom. The van der Waals surface area contributed by atoms with Crippen LogP contribution in [0, 0.1) is 0 Å². The summed E-state index contributed by atoms with van der Waals surface area (Å²) in [6.45, 7) is 1.56. The third-order valence-corrected chi connectivity index (χ3v) is 3.79. The van der Waals surface area contributed by atoms with Crippen molar-refractivity contribution in [1.29, 1.82) is 0 Å². The maximum Gasteiger partial charge on any atom is 0.389 e. The molecule has 0 amide bonds. The van der Waals surface area contributed by atoms with Crippen molar-refractivity contribution in [1.82, 2.24) is 10.0 Å². The monoisotopic (exact) mass is 262 g/mol. The second-order valence-electron chi connectivity index (χ2n) is 3.53. The summed E-state index contributed by atoms with van der Waals surface area (Å²) in [5.74, 6) is 0. The van der Waals surface area contributed by atoms with Crippen LogP contribution in [0.25, 0.3) is 0 Å². The van der Waals surface area contributed by atoms with E-state index >= 15 is 0 Å². The highest BCUT2D eigenvalue weighted by atomic mass is 32.2. The van der Waals surface area contributed by atoms with E-state index in [0.717, 1.165) is 0 Å². The highest BCUT2D eigenvalue weighted by Gasteiger charge is 2.26. The molecule has 0 spiro atoms. The molecule has 0 heterocycles. The van der Waals surface area contributed by atoms with E-state index in [4.69, 9.17) is 0 Å². The van der Waals surface area contributed by atoms with Gasteiger partial charge in [0.25, 0.3) is 0 Å². The molecule has 0 aromatic carbocycles. The van der Waals surface area contributed by atoms with Crippen LogP contribution in [0.3, 0.4) is 0 Å². The van der Waals surface area contributed by atoms with Crippen LogP contribution in [0.5, 0.6) is 0 Å². The molecule has 2 N–H and O–H groups in total. The highest BCUT2D eigenvalue weighted by Crippen LogP contribution is 2.20. The van der Waals surface area contributed by atoms with Crippen molar-refractivity contribution in [3.8, 4) is 0 Å². The van der Waals surface area contributed by atoms with E-state index in [1.807, 2.05) is 0 Å². The summed E-state index contributed by atoms with van der Waals surface area (Å²) in [5.41, 5.74) is 0. The van der Waals surface area contributed by atoms with Gasteiger partial charge in [-0.25, -0.2) is 13.1 Å². The van der Waals surface area contributed by atoms with Gasteiger partial charge in [-0.15, -0.1) is 0 Å². The molecule has 0 aromatic heterocycles. The van der Waals surface area contributed by atoms with Crippen LogP contribution in [0.2, 0.25) is 0 Å². The predicted molar refractivity (Wildman–Crippen MR) is 55.6 cm³/mol. The van der Waals surface area contributed by atoms with Gasteiger partial charge in [0.1, 0.15) is 0 Å². The van der Waals surface area contributed by atoms with Gasteiger partial charge in [-0.2, -0.15) is 13.2 Å². The van der Waals surface area contributed by atoms with E-state index in [1.54, 1.807) is 7.05 Å². The minimum atomic E-state index is -4.23. The lowest BCUT2D eigenvalue weighted by atomic mass is 10.3. The molecular formula is C8H17F3N2O2S. The topological polar surface area (TPSA) is 58.2 Å². The predicted octanol–water partition coefficient (Wildman–Crippen LogP) is 0.856. The molecule has 8 heteroatoms. The molecule has 0 rings (SSSR count). The highest BCUT2D eigenvalue weighted by molar-refractivity contribution is 7.90. The molecule has 98 valence electrons. The van der Waals surface area contributed by atoms with Gasteiger partial charge in [0.2, 0.25) is 10.0 Å². The second kappa shape index (κ2) is 6.41. The van der Waals surface area contributed by atoms with Gasteiger partial charge >= 0.3 is 6.18 Å². The Morgan fingerprint density at radius 1 is 1.31 bits per heavy atom. The molecule has 16 heavy (non-hydrogen) atoms. The molecule has 0 aliphatic rings. The molecule has 1 atom stereocenters. The van der Waals surface area contributed by atoms with Crippen molar-refractivity contribution in [3.63, 3.8) is 0 Å². The average Bonchev–Trinajstić information content (AvgIpc) is 2.11. The molecule has 0 aromatic rings. The fraction of sp³-hybridized carbons (Fsp3) is 1.00. The summed E-state index contributed by atoms with van der Waals surface area (Å²) in [7, 11) is -1.91. The van der Waals surface area contributed by atoms with E-state index in [2.05, 4.69) is 10.0 Å². The third-order valence-electron chi connectivity index (χ3n) is 1.96. The van der Waals surface area contributed by atoms with Gasteiger partial charge in [0.15, 0.2) is 0 Å². The standard InChI is InChI=1S/C8H17F3N2O2S/c1-7(6-12-2)16(14,15)13-5-3-4-8(9,10)11/h7,12-13H,3-6H2,1-2H3. The largest absolute Gasteiger partial charge is 0.389 e. The lowest BCUT2D eigenvalue weighted by Crippen LogP contribution is -2.38. The Hall–Kier alpha value is -0.340. The molecular weight excluding hydrogens is 245 g/mol. The van der Waals surface area contributed by atoms with E-state index < -0.39 is 27.9 Å². The quantitative estimate of drug-likeness (QED) is 0.669. The summed E-state index contributed by atoms with van der Waals surface area (Å²) in [4.78, 5) is 0. The van der Waals surface area contributed by atoms with Crippen molar-refractivity contribution in [2.24, 2.45) is 0 Å². The maximum absolute atomic E-state index is 11.8. The number of nitrogens with one attached hydrogen (secondary N) is 2. The van der Waals surface area contributed by atoms with Gasteiger partial charge in [0.05, 0.1) is 5.25 Å². The Balaban J connectivity index is 3.92. The second-order valence-corrected chi connectivity index (χ2v) is 5.71. The molecule has 0 aliphatic heterocycles. The minimum absolute atomic E-state index is 0.185. The molecule has 0 fully saturated rings. The summed E-state index contributed by atoms with van der Waals surface area (Å²) >= 11 is 0. The minimum Gasteiger partial charge on any atom is -0.318 e. The first kappa shape index (κ1) is 15.7. The van der Waals surface area contributed by atoms with Crippen LogP contribution >= 0.6 is 0 Å². The van der Waals surface area contributed by atoms with Crippen molar-refractivity contribution < 1.29 is 21.6 Å². The SMILES string of the molecule is CNCC(C)S(=O)(=O)NCCCC(F)(F)F. The summed E-state index contributed by atoms with van der Waals surface area (Å²) < 4.78 is 60.3. The van der Waals surface area contributed by atoms with Gasteiger partial charge in [-0.05, 0) is 20.4 Å². The van der Waals surface area contributed by atoms with Crippen molar-refractivity contribution >= 4 is 10.0 Å². The zero-order valence-corrected chi connectivity index (χ0v) is 10.1. The molecule has 4 nitrogen and oxygen atoms in total. The molecule has 0 saturated carbocycles. The van der Waals surface area contributed by atoms with E-state index in [0.29, 0.717) is 0 Å². The fourth-order valence-corrected chi connectivity index (χ4v) is 2.14.